The van der Waals surface area contributed by atoms with Crippen LogP contribution in [0, 0.1) is 12.3 Å². The minimum Gasteiger partial charge on any atom is -0.490 e. The number of aromatic nitrogens is 6. The number of fused-ring (bicyclic) bond motifs is 1. The fraction of sp³-hybridized carbons (Fsp3) is 0.426. The maximum absolute atomic E-state index is 14.0. The second-order valence-corrected chi connectivity index (χ2v) is 18.6. The molecule has 18 nitrogen and oxygen atoms in total. The van der Waals surface area contributed by atoms with E-state index in [4.69, 9.17) is 14.0 Å². The molecule has 2 aliphatic heterocycles. The van der Waals surface area contributed by atoms with Gasteiger partial charge in [-0.3, -0.25) is 19.2 Å². The molecule has 0 spiro atoms. The third-order valence-corrected chi connectivity index (χ3v) is 12.9. The number of amides is 4. The number of carbonyl (C=O) groups excluding carboxylic acids is 4. The quantitative estimate of drug-likeness (QED) is 0.0930. The first-order valence-electron chi connectivity index (χ1n) is 22.1. The monoisotopic (exact) mass is 918 g/mol. The number of benzene rings is 3. The molecular formula is C47H54N10O8S. The van der Waals surface area contributed by atoms with Crippen LogP contribution in [0.25, 0.3) is 44.1 Å². The first kappa shape index (κ1) is 46.0. The summed E-state index contributed by atoms with van der Waals surface area (Å²) in [5.74, 6) is 0.498. The molecule has 2 aliphatic rings. The number of nitrogens with one attached hydrogen (secondary N) is 3. The zero-order valence-electron chi connectivity index (χ0n) is 37.4. The summed E-state index contributed by atoms with van der Waals surface area (Å²) in [5, 5.41) is 35.6. The highest BCUT2D eigenvalue weighted by molar-refractivity contribution is 7.13. The largest absolute Gasteiger partial charge is 0.490 e. The van der Waals surface area contributed by atoms with Crippen LogP contribution in [0.1, 0.15) is 64.1 Å². The zero-order valence-corrected chi connectivity index (χ0v) is 38.2. The van der Waals surface area contributed by atoms with Gasteiger partial charge in [-0.1, -0.05) is 62.3 Å². The maximum atomic E-state index is 14.0. The smallest absolute Gasteiger partial charge is 0.246 e. The summed E-state index contributed by atoms with van der Waals surface area (Å²) in [6.45, 7) is 8.98. The van der Waals surface area contributed by atoms with Crippen molar-refractivity contribution in [2.75, 3.05) is 32.8 Å². The highest BCUT2D eigenvalue weighted by Crippen LogP contribution is 2.34. The molecule has 0 bridgehead atoms. The summed E-state index contributed by atoms with van der Waals surface area (Å²) in [6, 6.07) is 19.3. The van der Waals surface area contributed by atoms with E-state index in [9.17, 15) is 24.3 Å². The second kappa shape index (κ2) is 20.3. The number of hydrogen-bond acceptors (Lipinski definition) is 14. The lowest BCUT2D eigenvalue weighted by molar-refractivity contribution is -0.144. The normalized spacial score (nSPS) is 17.2. The number of H-pyrrole nitrogens is 1. The predicted octanol–water partition coefficient (Wildman–Crippen LogP) is 5.08. The highest BCUT2D eigenvalue weighted by Gasteiger charge is 2.44. The number of aliphatic hydroxyl groups is 1. The lowest BCUT2D eigenvalue weighted by atomic mass is 9.85. The van der Waals surface area contributed by atoms with Crippen LogP contribution in [0.5, 0.6) is 5.75 Å². The van der Waals surface area contributed by atoms with Crippen LogP contribution in [-0.2, 0) is 30.5 Å². The van der Waals surface area contributed by atoms with Crippen LogP contribution in [-0.4, -0.2) is 126 Å². The van der Waals surface area contributed by atoms with Gasteiger partial charge in [0.15, 0.2) is 5.76 Å². The minimum absolute atomic E-state index is 0.0211. The number of rotatable bonds is 16. The Bertz CT molecular complexity index is 2640. The van der Waals surface area contributed by atoms with Gasteiger partial charge in [-0.15, -0.1) is 21.5 Å². The van der Waals surface area contributed by atoms with Crippen LogP contribution in [0.2, 0.25) is 0 Å². The Labute approximate surface area is 385 Å². The maximum Gasteiger partial charge on any atom is 0.246 e. The van der Waals surface area contributed by atoms with Gasteiger partial charge in [0.25, 0.3) is 0 Å². The lowest BCUT2D eigenvalue weighted by Crippen LogP contribution is -2.57. The molecule has 0 radical (unpaired) electrons. The number of hydrogen-bond donors (Lipinski definition) is 4. The van der Waals surface area contributed by atoms with Crippen LogP contribution in [0.3, 0.4) is 0 Å². The molecule has 3 atom stereocenters. The molecule has 4 amide bonds. The number of aliphatic hydroxyl groups excluding tert-OH is 1. The first-order valence-corrected chi connectivity index (χ1v) is 23.0. The number of carbonyl (C=O) groups is 4. The van der Waals surface area contributed by atoms with Crippen LogP contribution in [0.4, 0.5) is 0 Å². The van der Waals surface area contributed by atoms with E-state index in [0.29, 0.717) is 48.8 Å². The fourth-order valence-electron chi connectivity index (χ4n) is 8.30. The van der Waals surface area contributed by atoms with E-state index in [1.165, 1.54) is 4.90 Å². The van der Waals surface area contributed by atoms with Gasteiger partial charge >= 0.3 is 0 Å². The van der Waals surface area contributed by atoms with E-state index in [1.54, 1.807) is 16.2 Å². The van der Waals surface area contributed by atoms with E-state index in [0.717, 1.165) is 38.2 Å². The third-order valence-electron chi connectivity index (χ3n) is 11.9. The molecule has 19 heteroatoms. The number of ether oxygens (including phenoxy) is 2. The Hall–Kier alpha value is -6.57. The van der Waals surface area contributed by atoms with Crippen molar-refractivity contribution in [2.24, 2.45) is 5.41 Å². The molecule has 5 heterocycles. The number of aromatic amines is 1. The first-order chi connectivity index (χ1) is 31.8. The van der Waals surface area contributed by atoms with E-state index in [1.807, 2.05) is 99.9 Å². The average Bonchev–Trinajstić information content (AvgIpc) is 4.15. The third kappa shape index (κ3) is 10.9. The SMILES string of the molecule is Cc1ncsc1-c1ccc(CNC(=O)[C@@H]2C[C@@H](O)CN2C(=O)[C@@H](NC(=O)CCOCCC(=O)N2CCC(Oc3cccc(-c4onc5ccc(-c6nn[nH]n6)cc45)c3)CC2)C(C)(C)C)cc1. The van der Waals surface area contributed by atoms with Crippen molar-refractivity contribution in [3.8, 4) is 38.9 Å². The van der Waals surface area contributed by atoms with Crippen molar-refractivity contribution >= 4 is 45.9 Å². The molecule has 8 rings (SSSR count). The van der Waals surface area contributed by atoms with Gasteiger partial charge in [-0.2, -0.15) is 5.21 Å². The van der Waals surface area contributed by atoms with Gasteiger partial charge in [-0.05, 0) is 59.0 Å². The van der Waals surface area contributed by atoms with Gasteiger partial charge in [0.2, 0.25) is 29.5 Å². The molecule has 0 saturated carbocycles. The number of aryl methyl sites for hydroxylation is 1. The molecule has 0 unspecified atom stereocenters. The number of β-amino-alcohol motifs (C(OH)–C–C–N with tert-alkyl or cyclic N) is 1. The van der Waals surface area contributed by atoms with Crippen molar-refractivity contribution in [2.45, 2.75) is 90.6 Å². The number of nitrogens with zero attached hydrogens (tertiary/aromatic N) is 7. The van der Waals surface area contributed by atoms with Gasteiger partial charge in [-0.25, -0.2) is 4.98 Å². The average molecular weight is 919 g/mol. The molecule has 66 heavy (non-hydrogen) atoms. The molecule has 2 fully saturated rings. The summed E-state index contributed by atoms with van der Waals surface area (Å²) < 4.78 is 17.8. The Morgan fingerprint density at radius 2 is 1.76 bits per heavy atom. The standard InChI is InChI=1S/C47H54N10O8S/c1-28-42(66-27-49-28)30-10-8-29(9-11-30)25-48-45(61)38-24-33(58)26-57(38)46(62)43(47(2,3)4)50-39(59)16-20-63-21-17-40(60)56-18-14-34(15-19-56)64-35-7-5-6-31(22-35)41-36-23-32(44-51-54-55-52-44)12-13-37(36)53-65-41/h5-13,22-23,27,33-34,38,43,58H,14-21,24-26H2,1-4H3,(H,48,61)(H,50,59)(H,51,52,54,55)/t33-,38+,43-/m1/s1. The summed E-state index contributed by atoms with van der Waals surface area (Å²) in [6.07, 6.45) is 0.594. The van der Waals surface area contributed by atoms with Crippen LogP contribution in [0.15, 0.2) is 76.8 Å². The summed E-state index contributed by atoms with van der Waals surface area (Å²) in [4.78, 5) is 62.3. The number of thiazole rings is 1. The van der Waals surface area contributed by atoms with Crippen molar-refractivity contribution in [3.05, 3.63) is 83.5 Å². The van der Waals surface area contributed by atoms with Crippen molar-refractivity contribution in [1.29, 1.82) is 0 Å². The molecule has 6 aromatic rings. The van der Waals surface area contributed by atoms with Gasteiger partial charge in [0.1, 0.15) is 29.5 Å². The molecule has 0 aliphatic carbocycles. The van der Waals surface area contributed by atoms with E-state index < -0.39 is 35.4 Å². The number of piperidine rings is 1. The Balaban J connectivity index is 0.753. The number of tetrazole rings is 1. The van der Waals surface area contributed by atoms with E-state index >= 15 is 0 Å². The molecule has 4 N–H and O–H groups in total. The van der Waals surface area contributed by atoms with E-state index in [-0.39, 0.29) is 63.5 Å². The lowest BCUT2D eigenvalue weighted by Gasteiger charge is -2.35. The molecule has 2 saturated heterocycles. The van der Waals surface area contributed by atoms with Crippen LogP contribution < -0.4 is 15.4 Å². The van der Waals surface area contributed by atoms with Gasteiger partial charge in [0, 0.05) is 63.0 Å². The second-order valence-electron chi connectivity index (χ2n) is 17.8. The van der Waals surface area contributed by atoms with Crippen LogP contribution >= 0.6 is 11.3 Å². The Morgan fingerprint density at radius 3 is 2.48 bits per heavy atom. The predicted molar refractivity (Wildman–Crippen MR) is 245 cm³/mol. The Kier molecular flexibility index (Phi) is 14.1. The molecule has 3 aromatic carbocycles. The van der Waals surface area contributed by atoms with Gasteiger partial charge in [0.05, 0.1) is 47.2 Å². The summed E-state index contributed by atoms with van der Waals surface area (Å²) in [5.41, 5.74) is 6.29. The zero-order chi connectivity index (χ0) is 46.4. The topological polar surface area (TPSA) is 231 Å². The van der Waals surface area contributed by atoms with Crippen molar-refractivity contribution < 1.29 is 38.3 Å². The van der Waals surface area contributed by atoms with Gasteiger partial charge < -0.3 is 39.5 Å². The van der Waals surface area contributed by atoms with E-state index in [2.05, 4.69) is 41.4 Å². The van der Waals surface area contributed by atoms with Crippen molar-refractivity contribution in [3.63, 3.8) is 0 Å². The minimum atomic E-state index is -0.961. The molecule has 3 aromatic heterocycles. The fourth-order valence-corrected chi connectivity index (χ4v) is 9.11. The number of likely N-dealkylation sites (tertiary alicyclic amines) is 2. The highest BCUT2D eigenvalue weighted by atomic mass is 32.1. The molecular weight excluding hydrogens is 865 g/mol. The summed E-state index contributed by atoms with van der Waals surface area (Å²) >= 11 is 1.57. The van der Waals surface area contributed by atoms with Crippen molar-refractivity contribution in [1.82, 2.24) is 51.2 Å². The molecule has 346 valence electrons. The Morgan fingerprint density at radius 1 is 0.985 bits per heavy atom. The summed E-state index contributed by atoms with van der Waals surface area (Å²) in [7, 11) is 0.